The van der Waals surface area contributed by atoms with Gasteiger partial charge in [-0.2, -0.15) is 0 Å². The van der Waals surface area contributed by atoms with E-state index in [0.29, 0.717) is 12.3 Å². The molecule has 5 nitrogen and oxygen atoms in total. The van der Waals surface area contributed by atoms with E-state index < -0.39 is 6.10 Å². The number of rotatable bonds is 3. The van der Waals surface area contributed by atoms with Gasteiger partial charge in [0, 0.05) is 24.3 Å². The first kappa shape index (κ1) is 13.7. The molecule has 1 heterocycles. The molecule has 1 aromatic rings. The van der Waals surface area contributed by atoms with Crippen LogP contribution in [0.4, 0.5) is 5.69 Å². The first-order valence-electron chi connectivity index (χ1n) is 6.45. The smallest absolute Gasteiger partial charge is 0.242 e. The van der Waals surface area contributed by atoms with E-state index in [1.165, 1.54) is 0 Å². The molecule has 1 fully saturated rings. The molecule has 1 amide bonds. The molecule has 5 heteroatoms. The van der Waals surface area contributed by atoms with Crippen LogP contribution in [0.15, 0.2) is 18.2 Å². The summed E-state index contributed by atoms with van der Waals surface area (Å²) in [5.41, 5.74) is 1.59. The van der Waals surface area contributed by atoms with E-state index in [0.717, 1.165) is 17.8 Å². The molecule has 0 saturated carbocycles. The minimum atomic E-state index is -0.650. The third-order valence-electron chi connectivity index (χ3n) is 3.49. The van der Waals surface area contributed by atoms with Gasteiger partial charge in [-0.15, -0.1) is 0 Å². The lowest BCUT2D eigenvalue weighted by molar-refractivity contribution is -0.122. The van der Waals surface area contributed by atoms with E-state index in [9.17, 15) is 9.90 Å². The fourth-order valence-electron chi connectivity index (χ4n) is 2.49. The molecular weight excluding hydrogens is 244 g/mol. The predicted octanol–water partition coefficient (Wildman–Crippen LogP) is 1.07. The molecule has 0 aliphatic carbocycles. The SMILES string of the molecule is COc1cccc(N2CCNC(=O)C2C)c1[C@H](C)O. The molecule has 1 saturated heterocycles. The van der Waals surface area contributed by atoms with E-state index in [1.54, 1.807) is 14.0 Å². The number of nitrogens with one attached hydrogen (secondary N) is 1. The lowest BCUT2D eigenvalue weighted by Gasteiger charge is -2.36. The molecule has 0 radical (unpaired) electrons. The summed E-state index contributed by atoms with van der Waals surface area (Å²) in [7, 11) is 1.58. The van der Waals surface area contributed by atoms with Gasteiger partial charge in [-0.3, -0.25) is 4.79 Å². The number of anilines is 1. The van der Waals surface area contributed by atoms with Crippen molar-refractivity contribution in [2.45, 2.75) is 26.0 Å². The Morgan fingerprint density at radius 3 is 2.89 bits per heavy atom. The van der Waals surface area contributed by atoms with Gasteiger partial charge in [-0.05, 0) is 26.0 Å². The standard InChI is InChI=1S/C14H20N2O3/c1-9-14(18)15-7-8-16(9)11-5-4-6-12(19-3)13(11)10(2)17/h4-6,9-10,17H,7-8H2,1-3H3,(H,15,18)/t9?,10-/m0/s1. The number of amides is 1. The Morgan fingerprint density at radius 2 is 2.26 bits per heavy atom. The van der Waals surface area contributed by atoms with Crippen molar-refractivity contribution in [1.29, 1.82) is 0 Å². The monoisotopic (exact) mass is 264 g/mol. The zero-order chi connectivity index (χ0) is 14.0. The Labute approximate surface area is 113 Å². The number of nitrogens with zero attached hydrogens (tertiary/aromatic N) is 1. The van der Waals surface area contributed by atoms with Crippen molar-refractivity contribution in [3.8, 4) is 5.75 Å². The lowest BCUT2D eigenvalue weighted by Crippen LogP contribution is -2.54. The number of hydrogen-bond donors (Lipinski definition) is 2. The highest BCUT2D eigenvalue weighted by Crippen LogP contribution is 2.35. The van der Waals surface area contributed by atoms with Crippen molar-refractivity contribution in [1.82, 2.24) is 5.32 Å². The molecule has 0 aromatic heterocycles. The number of carbonyl (C=O) groups is 1. The zero-order valence-electron chi connectivity index (χ0n) is 11.5. The molecule has 0 bridgehead atoms. The first-order chi connectivity index (χ1) is 9.06. The summed E-state index contributed by atoms with van der Waals surface area (Å²) in [5, 5.41) is 12.8. The number of aliphatic hydroxyl groups excluding tert-OH is 1. The quantitative estimate of drug-likeness (QED) is 0.857. The number of piperazine rings is 1. The molecule has 1 aromatic carbocycles. The van der Waals surface area contributed by atoms with Crippen LogP contribution in [0.3, 0.4) is 0 Å². The van der Waals surface area contributed by atoms with Crippen molar-refractivity contribution in [2.75, 3.05) is 25.1 Å². The first-order valence-corrected chi connectivity index (χ1v) is 6.45. The highest BCUT2D eigenvalue weighted by atomic mass is 16.5. The second-order valence-corrected chi connectivity index (χ2v) is 4.73. The summed E-state index contributed by atoms with van der Waals surface area (Å²) in [6.45, 7) is 4.90. The molecule has 104 valence electrons. The Morgan fingerprint density at radius 1 is 1.53 bits per heavy atom. The summed E-state index contributed by atoms with van der Waals surface area (Å²) >= 11 is 0. The Hall–Kier alpha value is -1.75. The van der Waals surface area contributed by atoms with Crippen LogP contribution in [0.2, 0.25) is 0 Å². The summed E-state index contributed by atoms with van der Waals surface area (Å²) in [4.78, 5) is 13.8. The molecule has 1 aliphatic heterocycles. The molecule has 2 N–H and O–H groups in total. The van der Waals surface area contributed by atoms with E-state index >= 15 is 0 Å². The van der Waals surface area contributed by atoms with E-state index in [2.05, 4.69) is 5.32 Å². The number of methoxy groups -OCH3 is 1. The molecule has 2 atom stereocenters. The fraction of sp³-hybridized carbons (Fsp3) is 0.500. The number of benzene rings is 1. The third-order valence-corrected chi connectivity index (χ3v) is 3.49. The van der Waals surface area contributed by atoms with Crippen molar-refractivity contribution in [3.63, 3.8) is 0 Å². The van der Waals surface area contributed by atoms with Gasteiger partial charge in [0.1, 0.15) is 11.8 Å². The van der Waals surface area contributed by atoms with Crippen LogP contribution in [0.1, 0.15) is 25.5 Å². The number of ether oxygens (including phenoxy) is 1. The average molecular weight is 264 g/mol. The van der Waals surface area contributed by atoms with Crippen LogP contribution in [-0.4, -0.2) is 37.3 Å². The van der Waals surface area contributed by atoms with Crippen LogP contribution in [0, 0.1) is 0 Å². The van der Waals surface area contributed by atoms with Gasteiger partial charge in [0.15, 0.2) is 0 Å². The van der Waals surface area contributed by atoms with Gasteiger partial charge in [-0.25, -0.2) is 0 Å². The fourth-order valence-corrected chi connectivity index (χ4v) is 2.49. The molecule has 1 aliphatic rings. The maximum atomic E-state index is 11.8. The normalized spacial score (nSPS) is 20.9. The van der Waals surface area contributed by atoms with Crippen molar-refractivity contribution in [2.24, 2.45) is 0 Å². The minimum absolute atomic E-state index is 0.00520. The van der Waals surface area contributed by atoms with Gasteiger partial charge in [0.2, 0.25) is 5.91 Å². The maximum absolute atomic E-state index is 11.8. The summed E-state index contributed by atoms with van der Waals surface area (Å²) in [5.74, 6) is 0.649. The maximum Gasteiger partial charge on any atom is 0.242 e. The van der Waals surface area contributed by atoms with E-state index in [4.69, 9.17) is 4.74 Å². The molecular formula is C14H20N2O3. The van der Waals surface area contributed by atoms with Crippen LogP contribution >= 0.6 is 0 Å². The Balaban J connectivity index is 2.46. The topological polar surface area (TPSA) is 61.8 Å². The molecule has 19 heavy (non-hydrogen) atoms. The van der Waals surface area contributed by atoms with Gasteiger partial charge in [-0.1, -0.05) is 6.07 Å². The summed E-state index contributed by atoms with van der Waals surface area (Å²) in [6.07, 6.45) is -0.650. The average Bonchev–Trinajstić information content (AvgIpc) is 2.40. The number of hydrogen-bond acceptors (Lipinski definition) is 4. The second-order valence-electron chi connectivity index (χ2n) is 4.73. The van der Waals surface area contributed by atoms with Crippen LogP contribution < -0.4 is 15.0 Å². The van der Waals surface area contributed by atoms with Crippen molar-refractivity contribution < 1.29 is 14.6 Å². The van der Waals surface area contributed by atoms with E-state index in [1.807, 2.05) is 30.0 Å². The lowest BCUT2D eigenvalue weighted by atomic mass is 10.0. The second kappa shape index (κ2) is 5.48. The van der Waals surface area contributed by atoms with Gasteiger partial charge in [0.25, 0.3) is 0 Å². The van der Waals surface area contributed by atoms with Gasteiger partial charge in [0.05, 0.1) is 13.2 Å². The Bertz CT molecular complexity index is 474. The number of carbonyl (C=O) groups excluding carboxylic acids is 1. The highest BCUT2D eigenvalue weighted by Gasteiger charge is 2.28. The largest absolute Gasteiger partial charge is 0.496 e. The molecule has 2 rings (SSSR count). The summed E-state index contributed by atoms with van der Waals surface area (Å²) < 4.78 is 5.31. The predicted molar refractivity (Wildman–Crippen MR) is 73.4 cm³/mol. The third kappa shape index (κ3) is 2.51. The minimum Gasteiger partial charge on any atom is -0.496 e. The Kier molecular flexibility index (Phi) is 3.95. The van der Waals surface area contributed by atoms with Crippen LogP contribution in [-0.2, 0) is 4.79 Å². The van der Waals surface area contributed by atoms with Crippen molar-refractivity contribution in [3.05, 3.63) is 23.8 Å². The summed E-state index contributed by atoms with van der Waals surface area (Å²) in [6, 6.07) is 5.36. The molecule has 0 spiro atoms. The van der Waals surface area contributed by atoms with E-state index in [-0.39, 0.29) is 11.9 Å². The number of aliphatic hydroxyl groups is 1. The zero-order valence-corrected chi connectivity index (χ0v) is 11.5. The van der Waals surface area contributed by atoms with Crippen molar-refractivity contribution >= 4 is 11.6 Å². The molecule has 1 unspecified atom stereocenters. The van der Waals surface area contributed by atoms with Crippen LogP contribution in [0.5, 0.6) is 5.75 Å². The van der Waals surface area contributed by atoms with Crippen LogP contribution in [0.25, 0.3) is 0 Å². The van der Waals surface area contributed by atoms with Gasteiger partial charge >= 0.3 is 0 Å². The highest BCUT2D eigenvalue weighted by molar-refractivity contribution is 5.86. The van der Waals surface area contributed by atoms with Gasteiger partial charge < -0.3 is 20.1 Å².